The van der Waals surface area contributed by atoms with Crippen molar-refractivity contribution in [1.29, 1.82) is 0 Å². The average Bonchev–Trinajstić information content (AvgIpc) is 2.16. The maximum absolute atomic E-state index is 5.51. The summed E-state index contributed by atoms with van der Waals surface area (Å²) >= 11 is 0. The highest BCUT2D eigenvalue weighted by atomic mass is 15.1. The molecule has 0 saturated heterocycles. The van der Waals surface area contributed by atoms with Gasteiger partial charge in [-0.1, -0.05) is 0 Å². The largest absolute Gasteiger partial charge is 0.369 e. The quantitative estimate of drug-likeness (QED) is 0.754. The molecule has 1 aromatic heterocycles. The third kappa shape index (κ3) is 2.70. The first-order chi connectivity index (χ1) is 6.27. The fraction of sp³-hybridized carbons (Fsp3) is 0.500. The molecule has 0 aliphatic carbocycles. The van der Waals surface area contributed by atoms with Crippen molar-refractivity contribution in [2.75, 3.05) is 24.5 Å². The maximum Gasteiger partial charge on any atom is 0.0553 e. The minimum Gasteiger partial charge on any atom is -0.369 e. The molecule has 0 bridgehead atoms. The number of aryl methyl sites for hydroxylation is 1. The van der Waals surface area contributed by atoms with Gasteiger partial charge in [-0.25, -0.2) is 0 Å². The smallest absolute Gasteiger partial charge is 0.0553 e. The van der Waals surface area contributed by atoms with Crippen LogP contribution in [-0.4, -0.2) is 24.6 Å². The Balaban J connectivity index is 2.73. The number of nitrogens with two attached hydrogens (primary N) is 1. The molecule has 2 N–H and O–H groups in total. The Hall–Kier alpha value is -1.09. The second-order valence-electron chi connectivity index (χ2n) is 3.03. The number of likely N-dealkylation sites (N-methyl/N-ethyl adjacent to an activating group) is 1. The van der Waals surface area contributed by atoms with Crippen molar-refractivity contribution in [3.05, 3.63) is 24.0 Å². The molecule has 3 heteroatoms. The third-order valence-electron chi connectivity index (χ3n) is 2.04. The van der Waals surface area contributed by atoms with Crippen LogP contribution < -0.4 is 10.6 Å². The molecule has 0 aliphatic heterocycles. The van der Waals surface area contributed by atoms with Crippen LogP contribution in [0.1, 0.15) is 12.6 Å². The molecule has 0 spiro atoms. The van der Waals surface area contributed by atoms with Crippen LogP contribution in [0.25, 0.3) is 0 Å². The van der Waals surface area contributed by atoms with Crippen LogP contribution in [0.5, 0.6) is 0 Å². The molecule has 1 aromatic rings. The van der Waals surface area contributed by atoms with Crippen molar-refractivity contribution in [2.45, 2.75) is 13.8 Å². The van der Waals surface area contributed by atoms with Crippen LogP contribution in [0.15, 0.2) is 18.3 Å². The Morgan fingerprint density at radius 2 is 2.23 bits per heavy atom. The van der Waals surface area contributed by atoms with E-state index in [2.05, 4.69) is 22.9 Å². The van der Waals surface area contributed by atoms with E-state index in [-0.39, 0.29) is 0 Å². The molecule has 0 saturated carbocycles. The van der Waals surface area contributed by atoms with Crippen molar-refractivity contribution < 1.29 is 0 Å². The Bertz CT molecular complexity index is 243. The van der Waals surface area contributed by atoms with E-state index in [0.29, 0.717) is 6.54 Å². The van der Waals surface area contributed by atoms with Crippen LogP contribution in [-0.2, 0) is 0 Å². The topological polar surface area (TPSA) is 42.1 Å². The Labute approximate surface area is 79.6 Å². The van der Waals surface area contributed by atoms with Gasteiger partial charge >= 0.3 is 0 Å². The van der Waals surface area contributed by atoms with Gasteiger partial charge in [0, 0.05) is 25.3 Å². The van der Waals surface area contributed by atoms with Gasteiger partial charge in [0.25, 0.3) is 0 Å². The van der Waals surface area contributed by atoms with E-state index < -0.39 is 0 Å². The summed E-state index contributed by atoms with van der Waals surface area (Å²) in [5, 5.41) is 0. The van der Waals surface area contributed by atoms with Gasteiger partial charge in [-0.15, -0.1) is 0 Å². The number of hydrogen-bond acceptors (Lipinski definition) is 3. The first-order valence-corrected chi connectivity index (χ1v) is 4.65. The number of aromatic nitrogens is 1. The van der Waals surface area contributed by atoms with Gasteiger partial charge in [-0.05, 0) is 26.0 Å². The molecule has 0 atom stereocenters. The lowest BCUT2D eigenvalue weighted by Crippen LogP contribution is -2.29. The van der Waals surface area contributed by atoms with Crippen molar-refractivity contribution >= 4 is 5.69 Å². The van der Waals surface area contributed by atoms with E-state index in [1.165, 1.54) is 0 Å². The average molecular weight is 179 g/mol. The third-order valence-corrected chi connectivity index (χ3v) is 2.04. The minimum absolute atomic E-state index is 0.682. The summed E-state index contributed by atoms with van der Waals surface area (Å²) in [5.41, 5.74) is 7.71. The summed E-state index contributed by atoms with van der Waals surface area (Å²) < 4.78 is 0. The van der Waals surface area contributed by atoms with Gasteiger partial charge in [0.05, 0.1) is 11.9 Å². The molecule has 0 unspecified atom stereocenters. The Morgan fingerprint density at radius 1 is 1.46 bits per heavy atom. The number of hydrogen-bond donors (Lipinski definition) is 1. The van der Waals surface area contributed by atoms with E-state index in [0.717, 1.165) is 24.5 Å². The van der Waals surface area contributed by atoms with Crippen LogP contribution in [0.2, 0.25) is 0 Å². The van der Waals surface area contributed by atoms with Gasteiger partial charge in [0.15, 0.2) is 0 Å². The van der Waals surface area contributed by atoms with Crippen molar-refractivity contribution in [3.63, 3.8) is 0 Å². The predicted octanol–water partition coefficient (Wildman–Crippen LogP) is 1.18. The zero-order valence-electron chi connectivity index (χ0n) is 8.33. The number of nitrogens with zero attached hydrogens (tertiary/aromatic N) is 2. The monoisotopic (exact) mass is 179 g/mol. The number of anilines is 1. The molecule has 13 heavy (non-hydrogen) atoms. The molecule has 1 heterocycles. The molecular weight excluding hydrogens is 162 g/mol. The molecule has 72 valence electrons. The molecular formula is C10H17N3. The highest BCUT2D eigenvalue weighted by Crippen LogP contribution is 2.11. The second kappa shape index (κ2) is 4.82. The van der Waals surface area contributed by atoms with E-state index in [4.69, 9.17) is 5.73 Å². The molecule has 0 radical (unpaired) electrons. The van der Waals surface area contributed by atoms with Crippen LogP contribution in [0.4, 0.5) is 5.69 Å². The summed E-state index contributed by atoms with van der Waals surface area (Å²) in [5.74, 6) is 0. The summed E-state index contributed by atoms with van der Waals surface area (Å²) in [6.45, 7) is 6.66. The normalized spacial score (nSPS) is 10.1. The summed E-state index contributed by atoms with van der Waals surface area (Å²) in [6, 6.07) is 4.11. The molecule has 0 aliphatic rings. The van der Waals surface area contributed by atoms with Gasteiger partial charge in [-0.3, -0.25) is 4.98 Å². The molecule has 3 nitrogen and oxygen atoms in total. The minimum atomic E-state index is 0.682. The van der Waals surface area contributed by atoms with E-state index in [1.807, 2.05) is 19.2 Å². The molecule has 0 aromatic carbocycles. The standard InChI is InChI=1S/C10H17N3/c1-3-13(7-6-11)10-5-4-9(2)12-8-10/h4-5,8H,3,6-7,11H2,1-2H3. The highest BCUT2D eigenvalue weighted by Gasteiger charge is 2.01. The summed E-state index contributed by atoms with van der Waals surface area (Å²) in [4.78, 5) is 6.46. The molecule has 0 fully saturated rings. The van der Waals surface area contributed by atoms with Gasteiger partial charge in [-0.2, -0.15) is 0 Å². The van der Waals surface area contributed by atoms with E-state index in [9.17, 15) is 0 Å². The van der Waals surface area contributed by atoms with Crippen LogP contribution in [0, 0.1) is 6.92 Å². The first kappa shape index (κ1) is 9.99. The first-order valence-electron chi connectivity index (χ1n) is 4.65. The van der Waals surface area contributed by atoms with Crippen LogP contribution in [0.3, 0.4) is 0 Å². The van der Waals surface area contributed by atoms with E-state index >= 15 is 0 Å². The van der Waals surface area contributed by atoms with Gasteiger partial charge in [0.1, 0.15) is 0 Å². The van der Waals surface area contributed by atoms with E-state index in [1.54, 1.807) is 0 Å². The Morgan fingerprint density at radius 3 is 2.69 bits per heavy atom. The fourth-order valence-electron chi connectivity index (χ4n) is 1.27. The lowest BCUT2D eigenvalue weighted by Gasteiger charge is -2.21. The second-order valence-corrected chi connectivity index (χ2v) is 3.03. The summed E-state index contributed by atoms with van der Waals surface area (Å²) in [6.07, 6.45) is 1.90. The SMILES string of the molecule is CCN(CCN)c1ccc(C)nc1. The van der Waals surface area contributed by atoms with Crippen molar-refractivity contribution in [3.8, 4) is 0 Å². The van der Waals surface area contributed by atoms with Crippen molar-refractivity contribution in [1.82, 2.24) is 4.98 Å². The van der Waals surface area contributed by atoms with Gasteiger partial charge < -0.3 is 10.6 Å². The maximum atomic E-state index is 5.51. The highest BCUT2D eigenvalue weighted by molar-refractivity contribution is 5.44. The Kier molecular flexibility index (Phi) is 3.71. The number of rotatable bonds is 4. The summed E-state index contributed by atoms with van der Waals surface area (Å²) in [7, 11) is 0. The lowest BCUT2D eigenvalue weighted by atomic mass is 10.3. The van der Waals surface area contributed by atoms with Crippen LogP contribution >= 0.6 is 0 Å². The lowest BCUT2D eigenvalue weighted by molar-refractivity contribution is 0.813. The predicted molar refractivity (Wildman–Crippen MR) is 55.9 cm³/mol. The molecule has 1 rings (SSSR count). The number of pyridine rings is 1. The van der Waals surface area contributed by atoms with Crippen molar-refractivity contribution in [2.24, 2.45) is 5.73 Å². The fourth-order valence-corrected chi connectivity index (χ4v) is 1.27. The van der Waals surface area contributed by atoms with Gasteiger partial charge in [0.2, 0.25) is 0 Å². The zero-order valence-corrected chi connectivity index (χ0v) is 8.33. The molecule has 0 amide bonds. The zero-order chi connectivity index (χ0) is 9.68.